The maximum atomic E-state index is 13.5. The highest BCUT2D eigenvalue weighted by Gasteiger charge is 2.24. The minimum absolute atomic E-state index is 0.138. The number of sulfone groups is 1. The molecule has 0 aliphatic carbocycles. The van der Waals surface area contributed by atoms with Crippen molar-refractivity contribution in [3.05, 3.63) is 117 Å². The summed E-state index contributed by atoms with van der Waals surface area (Å²) in [5.41, 5.74) is 4.26. The van der Waals surface area contributed by atoms with E-state index in [0.29, 0.717) is 35.5 Å². The van der Waals surface area contributed by atoms with Crippen molar-refractivity contribution in [2.75, 3.05) is 13.6 Å². The van der Waals surface area contributed by atoms with Crippen molar-refractivity contribution in [3.63, 3.8) is 0 Å². The Balaban J connectivity index is 1.47. The second-order valence-corrected chi connectivity index (χ2v) is 16.2. The number of thiazole rings is 1. The molecule has 1 heterocycles. The van der Waals surface area contributed by atoms with E-state index < -0.39 is 33.1 Å². The van der Waals surface area contributed by atoms with Crippen LogP contribution in [0.4, 0.5) is 0 Å². The van der Waals surface area contributed by atoms with Crippen LogP contribution in [0.2, 0.25) is 0 Å². The molecule has 3 aromatic carbocycles. The highest BCUT2D eigenvalue weighted by Crippen LogP contribution is 2.24. The lowest BCUT2D eigenvalue weighted by Gasteiger charge is -2.25. The van der Waals surface area contributed by atoms with Crippen LogP contribution in [-0.2, 0) is 29.3 Å². The Hall–Kier alpha value is -3.90. The van der Waals surface area contributed by atoms with Gasteiger partial charge in [-0.05, 0) is 80.1 Å². The molecule has 2 amide bonds. The lowest BCUT2D eigenvalue weighted by atomic mass is 9.99. The van der Waals surface area contributed by atoms with Gasteiger partial charge in [0.15, 0.2) is 9.84 Å². The van der Waals surface area contributed by atoms with Crippen molar-refractivity contribution in [2.24, 2.45) is 0 Å². The van der Waals surface area contributed by atoms with E-state index in [1.165, 1.54) is 11.3 Å². The van der Waals surface area contributed by atoms with Gasteiger partial charge in [-0.2, -0.15) is 0 Å². The fraction of sp³-hybridized carbons (Fsp3) is 0.378. The molecule has 0 bridgehead atoms. The van der Waals surface area contributed by atoms with Gasteiger partial charge in [0.25, 0.3) is 11.8 Å². The Morgan fingerprint density at radius 1 is 0.938 bits per heavy atom. The van der Waals surface area contributed by atoms with Gasteiger partial charge in [-0.25, -0.2) is 13.4 Å². The molecular formula is C37H46N4O5S2. The molecule has 0 spiro atoms. The minimum Gasteiger partial charge on any atom is -0.390 e. The average Bonchev–Trinajstić information content (AvgIpc) is 3.48. The van der Waals surface area contributed by atoms with Crippen molar-refractivity contribution in [1.29, 1.82) is 0 Å². The Labute approximate surface area is 288 Å². The van der Waals surface area contributed by atoms with Crippen LogP contribution in [0.3, 0.4) is 0 Å². The van der Waals surface area contributed by atoms with Crippen molar-refractivity contribution < 1.29 is 23.1 Å². The third-order valence-corrected chi connectivity index (χ3v) is 11.2. The first-order valence-electron chi connectivity index (χ1n) is 16.1. The highest BCUT2D eigenvalue weighted by atomic mass is 32.2. The molecule has 0 aliphatic rings. The van der Waals surface area contributed by atoms with Gasteiger partial charge >= 0.3 is 0 Å². The van der Waals surface area contributed by atoms with Crippen molar-refractivity contribution in [1.82, 2.24) is 20.5 Å². The maximum Gasteiger partial charge on any atom is 0.253 e. The molecule has 0 aliphatic heterocycles. The number of aliphatic hydroxyl groups excluding tert-OH is 1. The van der Waals surface area contributed by atoms with E-state index in [-0.39, 0.29) is 18.4 Å². The van der Waals surface area contributed by atoms with E-state index in [4.69, 9.17) is 0 Å². The number of rotatable bonds is 15. The summed E-state index contributed by atoms with van der Waals surface area (Å²) in [5, 5.41) is 19.8. The number of hydrogen-bond donors (Lipinski definition) is 3. The summed E-state index contributed by atoms with van der Waals surface area (Å²) >= 11 is 1.49. The summed E-state index contributed by atoms with van der Waals surface area (Å²) in [6, 6.07) is 20.9. The number of benzene rings is 3. The number of aliphatic hydroxyl groups is 1. The molecule has 256 valence electrons. The van der Waals surface area contributed by atoms with E-state index in [2.05, 4.69) is 15.6 Å². The normalized spacial score (nSPS) is 13.0. The predicted molar refractivity (Wildman–Crippen MR) is 191 cm³/mol. The third-order valence-electron chi connectivity index (χ3n) is 8.12. The van der Waals surface area contributed by atoms with Crippen LogP contribution in [0, 0.1) is 6.92 Å². The van der Waals surface area contributed by atoms with Gasteiger partial charge in [0.2, 0.25) is 0 Å². The zero-order chi connectivity index (χ0) is 35.0. The number of nitrogens with zero attached hydrogens (tertiary/aromatic N) is 2. The summed E-state index contributed by atoms with van der Waals surface area (Å²) in [6.07, 6.45) is -0.595. The number of aryl methyl sites for hydroxylation is 1. The minimum atomic E-state index is -3.46. The number of nitrogens with one attached hydrogen (secondary N) is 2. The molecule has 2 atom stereocenters. The molecule has 4 aromatic rings. The average molecular weight is 691 g/mol. The molecule has 1 aromatic heterocycles. The second-order valence-electron chi connectivity index (χ2n) is 12.8. The first-order valence-corrected chi connectivity index (χ1v) is 18.5. The summed E-state index contributed by atoms with van der Waals surface area (Å²) in [5.74, 6) is -0.497. The monoisotopic (exact) mass is 690 g/mol. The van der Waals surface area contributed by atoms with E-state index >= 15 is 0 Å². The SMILES string of the molecule is Cc1csc(CN(C)C(=O)c2cccc(C(=O)N[C@@H](Cc3ccccc3)[C@H](O)CNCc3cc(C(C)C)cc(S(=O)(=O)C(C)C)c3)c2)n1. The number of amides is 2. The van der Waals surface area contributed by atoms with Crippen LogP contribution >= 0.6 is 11.3 Å². The quantitative estimate of drug-likeness (QED) is 0.150. The number of aromatic nitrogens is 1. The molecule has 3 N–H and O–H groups in total. The van der Waals surface area contributed by atoms with Crippen molar-refractivity contribution >= 4 is 33.0 Å². The van der Waals surface area contributed by atoms with Crippen LogP contribution in [0.15, 0.2) is 83.1 Å². The zero-order valence-electron chi connectivity index (χ0n) is 28.4. The molecule has 0 saturated carbocycles. The lowest BCUT2D eigenvalue weighted by molar-refractivity contribution is 0.0784. The molecule has 4 rings (SSSR count). The largest absolute Gasteiger partial charge is 0.390 e. The molecule has 0 saturated heterocycles. The van der Waals surface area contributed by atoms with E-state index in [1.807, 2.05) is 62.5 Å². The van der Waals surface area contributed by atoms with Crippen LogP contribution < -0.4 is 10.6 Å². The number of hydrogen-bond acceptors (Lipinski definition) is 8. The molecular weight excluding hydrogens is 645 g/mol. The second kappa shape index (κ2) is 16.5. The Morgan fingerprint density at radius 2 is 1.65 bits per heavy atom. The zero-order valence-corrected chi connectivity index (χ0v) is 30.1. The Bertz CT molecular complexity index is 1810. The van der Waals surface area contributed by atoms with E-state index in [9.17, 15) is 23.1 Å². The first-order chi connectivity index (χ1) is 22.7. The lowest BCUT2D eigenvalue weighted by Crippen LogP contribution is -2.48. The van der Waals surface area contributed by atoms with Gasteiger partial charge < -0.3 is 20.6 Å². The van der Waals surface area contributed by atoms with Gasteiger partial charge in [0.1, 0.15) is 5.01 Å². The fourth-order valence-corrected chi connectivity index (χ4v) is 7.22. The van der Waals surface area contributed by atoms with E-state index in [1.54, 1.807) is 62.2 Å². The van der Waals surface area contributed by atoms with E-state index in [0.717, 1.165) is 27.4 Å². The van der Waals surface area contributed by atoms with Gasteiger partial charge in [0, 0.05) is 42.3 Å². The Morgan fingerprint density at radius 3 is 2.29 bits per heavy atom. The highest BCUT2D eigenvalue weighted by molar-refractivity contribution is 7.92. The fourth-order valence-electron chi connectivity index (χ4n) is 5.23. The van der Waals surface area contributed by atoms with Crippen molar-refractivity contribution in [3.8, 4) is 0 Å². The van der Waals surface area contributed by atoms with Crippen LogP contribution in [0.25, 0.3) is 0 Å². The molecule has 0 radical (unpaired) electrons. The first kappa shape index (κ1) is 36.9. The molecule has 0 unspecified atom stereocenters. The summed E-state index contributed by atoms with van der Waals surface area (Å²) in [4.78, 5) is 33.0. The summed E-state index contributed by atoms with van der Waals surface area (Å²) in [7, 11) is -1.76. The maximum absolute atomic E-state index is 13.5. The predicted octanol–water partition coefficient (Wildman–Crippen LogP) is 5.52. The van der Waals surface area contributed by atoms with Crippen LogP contribution in [0.1, 0.15) is 81.7 Å². The van der Waals surface area contributed by atoms with Gasteiger partial charge in [-0.3, -0.25) is 9.59 Å². The van der Waals surface area contributed by atoms with Crippen LogP contribution in [-0.4, -0.2) is 66.2 Å². The van der Waals surface area contributed by atoms with Crippen molar-refractivity contribution in [2.45, 2.75) is 82.3 Å². The van der Waals surface area contributed by atoms with Gasteiger partial charge in [0.05, 0.1) is 28.8 Å². The smallest absolute Gasteiger partial charge is 0.253 e. The Kier molecular flexibility index (Phi) is 12.7. The summed E-state index contributed by atoms with van der Waals surface area (Å²) in [6.45, 7) is 10.1. The third kappa shape index (κ3) is 9.82. The van der Waals surface area contributed by atoms with Crippen LogP contribution in [0.5, 0.6) is 0 Å². The van der Waals surface area contributed by atoms with Gasteiger partial charge in [-0.15, -0.1) is 11.3 Å². The molecule has 11 heteroatoms. The number of carbonyl (C=O) groups is 2. The molecule has 0 fully saturated rings. The van der Waals surface area contributed by atoms with Gasteiger partial charge in [-0.1, -0.05) is 56.3 Å². The summed E-state index contributed by atoms with van der Waals surface area (Å²) < 4.78 is 25.9. The topological polar surface area (TPSA) is 129 Å². The molecule has 9 nitrogen and oxygen atoms in total. The standard InChI is InChI=1S/C37H46N4O5S2/c1-24(2)31-15-28(16-32(19-31)48(45,46)25(3)4)20-38-21-34(42)33(17-27-11-8-7-9-12-27)40-36(43)29-13-10-14-30(18-29)37(44)41(6)22-35-39-26(5)23-47-35/h7-16,18-19,23-25,33-34,38,42H,17,20-22H2,1-6H3,(H,40,43)/t33-,34+/m0/s1. The number of carbonyl (C=O) groups excluding carboxylic acids is 2. The molecule has 48 heavy (non-hydrogen) atoms.